The lowest BCUT2D eigenvalue weighted by molar-refractivity contribution is -0.141. The van der Waals surface area contributed by atoms with E-state index in [4.69, 9.17) is 10.5 Å². The Bertz CT molecular complexity index is 1460. The average molecular weight is 808 g/mol. The summed E-state index contributed by atoms with van der Waals surface area (Å²) in [6.07, 6.45) is 5.62. The van der Waals surface area contributed by atoms with Crippen molar-refractivity contribution in [3.05, 3.63) is 41.5 Å². The van der Waals surface area contributed by atoms with Gasteiger partial charge in [-0.05, 0) is 76.1 Å². The van der Waals surface area contributed by atoms with Gasteiger partial charge in [-0.3, -0.25) is 19.2 Å². The minimum atomic E-state index is -1.04. The predicted octanol–water partition coefficient (Wildman–Crippen LogP) is 6.08. The number of carboxylic acids is 1. The van der Waals surface area contributed by atoms with Crippen LogP contribution in [0.4, 0.5) is 0 Å². The summed E-state index contributed by atoms with van der Waals surface area (Å²) < 4.78 is 6.11. The van der Waals surface area contributed by atoms with Crippen LogP contribution in [0.15, 0.2) is 35.9 Å². The molecule has 0 saturated heterocycles. The second-order valence-electron chi connectivity index (χ2n) is 16.8. The standard InChI is InChI=1S/C41H69N5O7S2/c1-27(2)31(25-28(3)38(51)52)46(12)37(50)35(39(4,5)6)45-36(49)34(43-11)41(9,10)29-17-16-18-30(26-29)53-23-21-40(7,8)55-54-24-20-33(48)44-22-15-13-14-19-32(42)47/h16-18,25-27,31,34-35,43H,13-15,19-24H2,1-12H3,(H2,42,47)(H,44,48)(H,45,49)(H,51,52)/b28-25+/t31-,34-,35?/m1/s1. The van der Waals surface area contributed by atoms with E-state index in [1.807, 2.05) is 72.7 Å². The third-order valence-electron chi connectivity index (χ3n) is 9.58. The quantitative estimate of drug-likeness (QED) is 0.0442. The molecule has 1 unspecified atom stereocenters. The van der Waals surface area contributed by atoms with E-state index >= 15 is 0 Å². The number of rotatable bonds is 25. The number of primary amides is 1. The first kappa shape index (κ1) is 49.8. The summed E-state index contributed by atoms with van der Waals surface area (Å²) in [5, 5.41) is 18.6. The summed E-state index contributed by atoms with van der Waals surface area (Å²) in [4.78, 5) is 64.2. The fraction of sp³-hybridized carbons (Fsp3) is 0.683. The lowest BCUT2D eigenvalue weighted by Crippen LogP contribution is -2.61. The molecular weight excluding hydrogens is 739 g/mol. The molecule has 1 aromatic carbocycles. The van der Waals surface area contributed by atoms with Crippen LogP contribution < -0.4 is 26.4 Å². The first-order valence-electron chi connectivity index (χ1n) is 19.2. The molecule has 312 valence electrons. The molecule has 4 amide bonds. The van der Waals surface area contributed by atoms with Crippen molar-refractivity contribution in [3.63, 3.8) is 0 Å². The highest BCUT2D eigenvalue weighted by Crippen LogP contribution is 2.38. The molecule has 6 N–H and O–H groups in total. The summed E-state index contributed by atoms with van der Waals surface area (Å²) in [5.41, 5.74) is 4.84. The number of nitrogens with one attached hydrogen (secondary N) is 3. The fourth-order valence-electron chi connectivity index (χ4n) is 5.99. The summed E-state index contributed by atoms with van der Waals surface area (Å²) in [7, 11) is 6.78. The molecule has 0 bridgehead atoms. The van der Waals surface area contributed by atoms with E-state index in [-0.39, 0.29) is 39.9 Å². The molecule has 0 fully saturated rings. The molecule has 3 atom stereocenters. The number of carbonyl (C=O) groups is 5. The molecule has 0 aliphatic carbocycles. The topological polar surface area (TPSA) is 180 Å². The van der Waals surface area contributed by atoms with Gasteiger partial charge in [0.2, 0.25) is 23.6 Å². The normalized spacial score (nSPS) is 14.2. The van der Waals surface area contributed by atoms with Crippen LogP contribution in [-0.4, -0.2) is 95.5 Å². The van der Waals surface area contributed by atoms with Crippen molar-refractivity contribution in [3.8, 4) is 5.75 Å². The van der Waals surface area contributed by atoms with Gasteiger partial charge < -0.3 is 36.4 Å². The van der Waals surface area contributed by atoms with Crippen LogP contribution >= 0.6 is 21.6 Å². The maximum atomic E-state index is 14.1. The molecule has 0 saturated carbocycles. The SMILES string of the molecule is CN[C@H](C(=O)NC(C(=O)N(C)[C@H](/C=C(\C)C(=O)O)C(C)C)C(C)(C)C)C(C)(C)c1cccc(OCCC(C)(C)SSCCC(=O)NCCCCCC(N)=O)c1. The molecule has 14 heteroatoms. The number of amides is 4. The molecule has 1 aromatic rings. The molecule has 0 heterocycles. The number of carbonyl (C=O) groups excluding carboxylic acids is 4. The Hall–Kier alpha value is -3.23. The number of unbranched alkanes of at least 4 members (excludes halogenated alkanes) is 2. The zero-order valence-corrected chi connectivity index (χ0v) is 36.9. The van der Waals surface area contributed by atoms with Crippen LogP contribution in [0.2, 0.25) is 0 Å². The Labute approximate surface area is 338 Å². The van der Waals surface area contributed by atoms with Gasteiger partial charge in [0.15, 0.2) is 0 Å². The molecule has 55 heavy (non-hydrogen) atoms. The van der Waals surface area contributed by atoms with Crippen LogP contribution in [0.3, 0.4) is 0 Å². The average Bonchev–Trinajstić information content (AvgIpc) is 3.08. The number of benzene rings is 1. The Morgan fingerprint density at radius 1 is 0.982 bits per heavy atom. The van der Waals surface area contributed by atoms with Gasteiger partial charge in [0.25, 0.3) is 0 Å². The minimum Gasteiger partial charge on any atom is -0.494 e. The molecule has 0 spiro atoms. The summed E-state index contributed by atoms with van der Waals surface area (Å²) >= 11 is 0. The minimum absolute atomic E-state index is 0.0255. The van der Waals surface area contributed by atoms with Crippen LogP contribution in [0, 0.1) is 11.3 Å². The van der Waals surface area contributed by atoms with E-state index in [9.17, 15) is 29.1 Å². The number of nitrogens with two attached hydrogens (primary N) is 1. The highest BCUT2D eigenvalue weighted by Gasteiger charge is 2.42. The summed E-state index contributed by atoms with van der Waals surface area (Å²) in [6.45, 7) is 20.4. The first-order chi connectivity index (χ1) is 25.4. The molecule has 0 aromatic heterocycles. The zero-order chi connectivity index (χ0) is 42.1. The molecule has 12 nitrogen and oxygen atoms in total. The van der Waals surface area contributed by atoms with E-state index in [0.717, 1.165) is 31.2 Å². The third-order valence-corrected chi connectivity index (χ3v) is 12.9. The maximum Gasteiger partial charge on any atom is 0.331 e. The van der Waals surface area contributed by atoms with Gasteiger partial charge in [0, 0.05) is 47.9 Å². The van der Waals surface area contributed by atoms with E-state index in [1.54, 1.807) is 41.8 Å². The van der Waals surface area contributed by atoms with E-state index in [2.05, 4.69) is 29.8 Å². The van der Waals surface area contributed by atoms with Gasteiger partial charge in [-0.15, -0.1) is 0 Å². The Balaban J connectivity index is 2.88. The van der Waals surface area contributed by atoms with Crippen molar-refractivity contribution in [2.75, 3.05) is 33.0 Å². The maximum absolute atomic E-state index is 14.1. The Kier molecular flexibility index (Phi) is 20.9. The van der Waals surface area contributed by atoms with E-state index in [1.165, 1.54) is 11.8 Å². The number of likely N-dealkylation sites (N-methyl/N-ethyl adjacent to an activating group) is 2. The largest absolute Gasteiger partial charge is 0.494 e. The summed E-state index contributed by atoms with van der Waals surface area (Å²) in [6, 6.07) is 5.67. The number of hydrogen-bond acceptors (Lipinski definition) is 9. The summed E-state index contributed by atoms with van der Waals surface area (Å²) in [5.74, 6) is -0.616. The van der Waals surface area contributed by atoms with Crippen molar-refractivity contribution >= 4 is 51.2 Å². The molecule has 0 radical (unpaired) electrons. The third kappa shape index (κ3) is 17.6. The van der Waals surface area contributed by atoms with Crippen LogP contribution in [0.1, 0.15) is 113 Å². The van der Waals surface area contributed by atoms with Crippen LogP contribution in [-0.2, 0) is 29.4 Å². The second-order valence-corrected chi connectivity index (χ2v) is 19.9. The Morgan fingerprint density at radius 3 is 2.20 bits per heavy atom. The highest BCUT2D eigenvalue weighted by atomic mass is 33.1. The lowest BCUT2D eigenvalue weighted by atomic mass is 9.76. The van der Waals surface area contributed by atoms with Gasteiger partial charge in [-0.25, -0.2) is 4.79 Å². The molecule has 1 rings (SSSR count). The van der Waals surface area contributed by atoms with Crippen molar-refractivity contribution in [1.82, 2.24) is 20.9 Å². The van der Waals surface area contributed by atoms with Gasteiger partial charge in [0.05, 0.1) is 18.7 Å². The molecule has 0 aliphatic heterocycles. The highest BCUT2D eigenvalue weighted by molar-refractivity contribution is 8.77. The number of hydrogen-bond donors (Lipinski definition) is 5. The van der Waals surface area contributed by atoms with Crippen molar-refractivity contribution in [2.45, 2.75) is 136 Å². The van der Waals surface area contributed by atoms with Crippen LogP contribution in [0.25, 0.3) is 0 Å². The van der Waals surface area contributed by atoms with Crippen molar-refractivity contribution < 1.29 is 33.8 Å². The number of aliphatic carboxylic acids is 1. The first-order valence-corrected chi connectivity index (χ1v) is 21.5. The van der Waals surface area contributed by atoms with Gasteiger partial charge in [-0.2, -0.15) is 0 Å². The lowest BCUT2D eigenvalue weighted by Gasteiger charge is -2.40. The van der Waals surface area contributed by atoms with Crippen molar-refractivity contribution in [2.24, 2.45) is 17.1 Å². The number of ether oxygens (including phenoxy) is 1. The Morgan fingerprint density at radius 2 is 1.64 bits per heavy atom. The number of carboxylic acid groups (broad SMARTS) is 1. The fourth-order valence-corrected chi connectivity index (χ4v) is 8.53. The smallest absolute Gasteiger partial charge is 0.331 e. The predicted molar refractivity (Wildman–Crippen MR) is 226 cm³/mol. The monoisotopic (exact) mass is 807 g/mol. The molecule has 0 aliphatic rings. The molecular formula is C41H69N5O7S2. The van der Waals surface area contributed by atoms with Gasteiger partial charge in [-0.1, -0.05) is 94.7 Å². The van der Waals surface area contributed by atoms with Crippen molar-refractivity contribution in [1.29, 1.82) is 0 Å². The zero-order valence-electron chi connectivity index (χ0n) is 35.3. The number of nitrogens with zero attached hydrogens (tertiary/aromatic N) is 1. The van der Waals surface area contributed by atoms with Gasteiger partial charge >= 0.3 is 5.97 Å². The van der Waals surface area contributed by atoms with E-state index < -0.39 is 34.9 Å². The van der Waals surface area contributed by atoms with Gasteiger partial charge in [0.1, 0.15) is 11.8 Å². The second kappa shape index (κ2) is 23.1. The van der Waals surface area contributed by atoms with Crippen LogP contribution in [0.5, 0.6) is 5.75 Å². The van der Waals surface area contributed by atoms with E-state index in [0.29, 0.717) is 37.5 Å².